The number of rotatable bonds is 7. The number of fused-ring (bicyclic) bond motifs is 6. The summed E-state index contributed by atoms with van der Waals surface area (Å²) in [7, 11) is 0. The Labute approximate surface area is 375 Å². The first-order chi connectivity index (χ1) is 31.0. The van der Waals surface area contributed by atoms with Crippen LogP contribution in [0.5, 0.6) is 0 Å². The summed E-state index contributed by atoms with van der Waals surface area (Å²) in [5, 5.41) is 23.0. The van der Waals surface area contributed by atoms with Crippen molar-refractivity contribution in [2.45, 2.75) is 68.4 Å². The maximum Gasteiger partial charge on any atom is 0.519 e. The third-order valence-electron chi connectivity index (χ3n) is 11.7. The summed E-state index contributed by atoms with van der Waals surface area (Å²) < 4.78 is 52.4. The number of aromatic carboxylic acids is 2. The van der Waals surface area contributed by atoms with Crippen molar-refractivity contribution in [2.75, 3.05) is 62.2 Å². The van der Waals surface area contributed by atoms with E-state index in [1.165, 1.54) is 29.6 Å². The number of nitrogens with zero attached hydrogens (tertiary/aromatic N) is 5. The lowest BCUT2D eigenvalue weighted by Gasteiger charge is -2.37. The zero-order chi connectivity index (χ0) is 46.6. The first-order valence-corrected chi connectivity index (χ1v) is 22.5. The van der Waals surface area contributed by atoms with Crippen molar-refractivity contribution in [3.63, 3.8) is 0 Å². The molecular formula is C43H44F2N6O12S2. The van der Waals surface area contributed by atoms with Crippen molar-refractivity contribution >= 4 is 68.6 Å². The van der Waals surface area contributed by atoms with Crippen LogP contribution >= 0.6 is 23.5 Å². The molecule has 0 spiro atoms. The van der Waals surface area contributed by atoms with Gasteiger partial charge in [-0.2, -0.15) is 0 Å². The van der Waals surface area contributed by atoms with Gasteiger partial charge in [0.05, 0.1) is 49.8 Å². The summed E-state index contributed by atoms with van der Waals surface area (Å²) in [6, 6.07) is 5.66. The second kappa shape index (κ2) is 18.1. The highest BCUT2D eigenvalue weighted by molar-refractivity contribution is 8.00. The normalized spacial score (nSPS) is 17.9. The molecule has 0 saturated carbocycles. The summed E-state index contributed by atoms with van der Waals surface area (Å²) in [5.41, 5.74) is 0.133. The first kappa shape index (κ1) is 45.5. The summed E-state index contributed by atoms with van der Waals surface area (Å²) in [6.45, 7) is 14.8. The number of piperazine rings is 2. The van der Waals surface area contributed by atoms with E-state index in [1.807, 2.05) is 35.1 Å². The molecule has 2 saturated heterocycles. The van der Waals surface area contributed by atoms with Crippen LogP contribution in [0.3, 0.4) is 0 Å². The minimum absolute atomic E-state index is 0.0162. The van der Waals surface area contributed by atoms with Crippen molar-refractivity contribution in [3.05, 3.63) is 112 Å². The molecule has 4 aromatic heterocycles. The molecule has 22 heteroatoms. The van der Waals surface area contributed by atoms with Crippen LogP contribution in [0.15, 0.2) is 71.2 Å². The number of aryl methyl sites for hydroxylation is 3. The predicted molar refractivity (Wildman–Crippen MR) is 237 cm³/mol. The molecule has 2 aromatic carbocycles. The Morgan fingerprint density at radius 1 is 0.677 bits per heavy atom. The molecule has 0 unspecified atom stereocenters. The van der Waals surface area contributed by atoms with Gasteiger partial charge < -0.3 is 52.1 Å². The molecule has 344 valence electrons. The molecule has 6 aromatic rings. The number of halogens is 2. The summed E-state index contributed by atoms with van der Waals surface area (Å²) in [4.78, 5) is 75.8. The summed E-state index contributed by atoms with van der Waals surface area (Å²) in [5.74, 6) is -2.78. The number of thioether (sulfide) groups is 2. The Bertz CT molecular complexity index is 3120. The Balaban J connectivity index is 0.000000153. The third kappa shape index (κ3) is 8.50. The highest BCUT2D eigenvalue weighted by Crippen LogP contribution is 2.48. The maximum atomic E-state index is 15.0. The van der Waals surface area contributed by atoms with Crippen molar-refractivity contribution in [3.8, 4) is 0 Å². The lowest BCUT2D eigenvalue weighted by Crippen LogP contribution is -2.46. The second-order valence-corrected chi connectivity index (χ2v) is 18.3. The van der Waals surface area contributed by atoms with E-state index in [0.29, 0.717) is 108 Å². The quantitative estimate of drug-likeness (QED) is 0.177. The average Bonchev–Trinajstić information content (AvgIpc) is 3.77. The highest BCUT2D eigenvalue weighted by Gasteiger charge is 2.35. The molecule has 0 aliphatic carbocycles. The number of carbonyl (C=O) groups is 2. The number of hydrogen-bond acceptors (Lipinski definition) is 16. The molecular weight excluding hydrogens is 895 g/mol. The number of nitrogens with one attached hydrogen (secondary N) is 1. The van der Waals surface area contributed by atoms with Gasteiger partial charge in [0.15, 0.2) is 5.76 Å². The van der Waals surface area contributed by atoms with Gasteiger partial charge in [0.25, 0.3) is 0 Å². The molecule has 3 N–H and O–H groups in total. The van der Waals surface area contributed by atoms with Gasteiger partial charge in [0.2, 0.25) is 10.9 Å². The van der Waals surface area contributed by atoms with Crippen LogP contribution in [0.1, 0.15) is 75.3 Å². The monoisotopic (exact) mass is 938 g/mol. The Kier molecular flexibility index (Phi) is 12.6. The largest absolute Gasteiger partial charge is 0.519 e. The zero-order valence-electron chi connectivity index (χ0n) is 35.8. The van der Waals surface area contributed by atoms with Crippen molar-refractivity contribution in [1.82, 2.24) is 19.4 Å². The average molecular weight is 939 g/mol. The van der Waals surface area contributed by atoms with E-state index in [1.54, 1.807) is 30.5 Å². The highest BCUT2D eigenvalue weighted by atomic mass is 32.2. The standard InChI is InChI=1S/C21H20FN3O6S.C16H16FN3O3S.C6H8O3/c1-10-16(31-21(29)30-10)9-23-3-5-24(6-4-23)15-8-14-12(7-13(15)22)18(26)17(20(27)28)19-25(14)11(2)32-19;1-8-20-11-7-12(19-4-2-18-3-5-19)10(17)6-9(11)14(21)13(16(22)23)15(20)24-8;1-3-5-4(2)8-6(7)9-5/h7-8,11H,3-6,9H2,1-2H3,(H,27,28);6-8,18H,2-5H2,1H3,(H,22,23);3H2,1-2H3/t11-;8-;/m00./s1. The molecule has 4 aliphatic heterocycles. The van der Waals surface area contributed by atoms with Gasteiger partial charge >= 0.3 is 23.6 Å². The molecule has 65 heavy (non-hydrogen) atoms. The van der Waals surface area contributed by atoms with E-state index in [0.717, 1.165) is 19.2 Å². The van der Waals surface area contributed by atoms with Crippen LogP contribution in [0.4, 0.5) is 20.2 Å². The molecule has 8 heterocycles. The van der Waals surface area contributed by atoms with Gasteiger partial charge in [0.1, 0.15) is 40.0 Å². The van der Waals surface area contributed by atoms with E-state index in [4.69, 9.17) is 8.83 Å². The Morgan fingerprint density at radius 2 is 1.11 bits per heavy atom. The van der Waals surface area contributed by atoms with Gasteiger partial charge in [-0.1, -0.05) is 30.4 Å². The van der Waals surface area contributed by atoms with Crippen molar-refractivity contribution in [1.29, 1.82) is 0 Å². The molecule has 2 fully saturated rings. The van der Waals surface area contributed by atoms with Crippen LogP contribution in [-0.2, 0) is 13.0 Å². The number of carboxylic acid groups (broad SMARTS) is 2. The van der Waals surface area contributed by atoms with Crippen molar-refractivity contribution in [2.24, 2.45) is 0 Å². The lowest BCUT2D eigenvalue weighted by molar-refractivity contribution is 0.0678. The molecule has 0 radical (unpaired) electrons. The van der Waals surface area contributed by atoms with Gasteiger partial charge in [-0.05, 0) is 52.0 Å². The van der Waals surface area contributed by atoms with E-state index in [-0.39, 0.29) is 32.6 Å². The molecule has 0 amide bonds. The minimum Gasteiger partial charge on any atom is -0.477 e. The fourth-order valence-corrected chi connectivity index (χ4v) is 10.7. The number of aromatic nitrogens is 2. The SMILES string of the molecule is CCc1oc(=O)oc1C.C[C@@H]1Sc2c(C(=O)O)c(=O)c3cc(F)c(N4CCNCC4)cc3n21.Cc1oc(=O)oc1CN1CCN(c2cc3c(cc2F)c(=O)c(C(=O)O)c2n3[C@H](C)S2)CC1. The van der Waals surface area contributed by atoms with Crippen LogP contribution in [0, 0.1) is 25.5 Å². The van der Waals surface area contributed by atoms with E-state index in [2.05, 4.69) is 19.1 Å². The predicted octanol–water partition coefficient (Wildman–Crippen LogP) is 5.62. The fourth-order valence-electron chi connectivity index (χ4n) is 8.40. The first-order valence-electron chi connectivity index (χ1n) is 20.7. The minimum atomic E-state index is -1.30. The molecule has 10 rings (SSSR count). The molecule has 4 aliphatic rings. The molecule has 18 nitrogen and oxygen atoms in total. The second-order valence-electron chi connectivity index (χ2n) is 15.7. The van der Waals surface area contributed by atoms with Gasteiger partial charge in [-0.15, -0.1) is 0 Å². The molecule has 2 atom stereocenters. The van der Waals surface area contributed by atoms with E-state index in [9.17, 15) is 43.4 Å². The van der Waals surface area contributed by atoms with Crippen LogP contribution in [0.25, 0.3) is 21.8 Å². The number of benzene rings is 2. The number of pyridine rings is 2. The molecule has 0 bridgehead atoms. The Morgan fingerprint density at radius 3 is 1.48 bits per heavy atom. The number of anilines is 2. The smallest absolute Gasteiger partial charge is 0.477 e. The van der Waals surface area contributed by atoms with E-state index < -0.39 is 46.1 Å². The summed E-state index contributed by atoms with van der Waals surface area (Å²) >= 11 is 2.67. The van der Waals surface area contributed by atoms with Crippen molar-refractivity contribution < 1.29 is 46.3 Å². The van der Waals surface area contributed by atoms with Crippen LogP contribution in [-0.4, -0.2) is 88.5 Å². The third-order valence-corrected chi connectivity index (χ3v) is 14.1. The van der Waals surface area contributed by atoms with Gasteiger partial charge in [0, 0.05) is 69.6 Å². The topological polar surface area (TPSA) is 227 Å². The van der Waals surface area contributed by atoms with Gasteiger partial charge in [-0.3, -0.25) is 14.5 Å². The lowest BCUT2D eigenvalue weighted by atomic mass is 10.1. The summed E-state index contributed by atoms with van der Waals surface area (Å²) in [6.07, 6.45) is 0.706. The van der Waals surface area contributed by atoms with Gasteiger partial charge in [-0.25, -0.2) is 28.0 Å². The fraction of sp³-hybridized carbons (Fsp3) is 0.395. The zero-order valence-corrected chi connectivity index (χ0v) is 37.5. The Hall–Kier alpha value is -6.10. The van der Waals surface area contributed by atoms with E-state index >= 15 is 4.39 Å². The van der Waals surface area contributed by atoms with Crippen LogP contribution in [0.2, 0.25) is 0 Å². The number of hydrogen-bond donors (Lipinski definition) is 3. The van der Waals surface area contributed by atoms with Crippen LogP contribution < -0.4 is 37.6 Å². The number of carboxylic acids is 2. The maximum absolute atomic E-state index is 15.0.